The van der Waals surface area contributed by atoms with Gasteiger partial charge in [-0.3, -0.25) is 0 Å². The molecule has 5 aromatic carbocycles. The maximum absolute atomic E-state index is 13.9. The summed E-state index contributed by atoms with van der Waals surface area (Å²) in [4.78, 5) is 0. The van der Waals surface area contributed by atoms with Gasteiger partial charge >= 0.3 is 7.82 Å². The van der Waals surface area contributed by atoms with Gasteiger partial charge in [0.05, 0.1) is 0 Å². The van der Waals surface area contributed by atoms with Crippen LogP contribution in [-0.4, -0.2) is 0 Å². The molecule has 32 heavy (non-hydrogen) atoms. The molecule has 0 N–H and O–H groups in total. The Balaban J connectivity index is 1.54. The fourth-order valence-corrected chi connectivity index (χ4v) is 4.80. The molecule has 0 aliphatic rings. The summed E-state index contributed by atoms with van der Waals surface area (Å²) in [6, 6.07) is 34.0. The second kappa shape index (κ2) is 8.41. The predicted octanol–water partition coefficient (Wildman–Crippen LogP) is 7.95. The van der Waals surface area contributed by atoms with Crippen LogP contribution < -0.4 is 13.6 Å². The van der Waals surface area contributed by atoms with Crippen LogP contribution in [0.1, 0.15) is 5.56 Å². The van der Waals surface area contributed by atoms with Crippen LogP contribution in [0.25, 0.3) is 21.5 Å². The molecule has 0 amide bonds. The van der Waals surface area contributed by atoms with Crippen LogP contribution in [0.4, 0.5) is 0 Å². The van der Waals surface area contributed by atoms with Crippen molar-refractivity contribution in [1.82, 2.24) is 0 Å². The summed E-state index contributed by atoms with van der Waals surface area (Å²) in [5, 5.41) is 3.82. The van der Waals surface area contributed by atoms with Crippen LogP contribution in [0, 0.1) is 6.92 Å². The first-order chi connectivity index (χ1) is 15.6. The first kappa shape index (κ1) is 20.2. The summed E-state index contributed by atoms with van der Waals surface area (Å²) in [6.07, 6.45) is 0. The van der Waals surface area contributed by atoms with Gasteiger partial charge in [-0.1, -0.05) is 84.4 Å². The molecule has 158 valence electrons. The lowest BCUT2D eigenvalue weighted by atomic mass is 10.1. The highest BCUT2D eigenvalue weighted by Gasteiger charge is 2.34. The molecule has 5 aromatic rings. The zero-order chi connectivity index (χ0) is 22.0. The number of benzene rings is 5. The third-order valence-corrected chi connectivity index (χ3v) is 6.43. The molecule has 1 atom stereocenters. The third kappa shape index (κ3) is 4.32. The highest BCUT2D eigenvalue weighted by Crippen LogP contribution is 2.51. The van der Waals surface area contributed by atoms with E-state index in [0.29, 0.717) is 17.2 Å². The number of hydrogen-bond acceptors (Lipinski definition) is 4. The zero-order valence-corrected chi connectivity index (χ0v) is 18.4. The van der Waals surface area contributed by atoms with E-state index in [-0.39, 0.29) is 0 Å². The van der Waals surface area contributed by atoms with Gasteiger partial charge in [-0.05, 0) is 53.4 Å². The summed E-state index contributed by atoms with van der Waals surface area (Å²) in [5.41, 5.74) is 1.07. The van der Waals surface area contributed by atoms with E-state index in [1.54, 1.807) is 24.3 Å². The van der Waals surface area contributed by atoms with Crippen LogP contribution in [0.15, 0.2) is 109 Å². The fourth-order valence-electron chi connectivity index (χ4n) is 3.53. The minimum Gasteiger partial charge on any atom is -0.386 e. The van der Waals surface area contributed by atoms with Crippen molar-refractivity contribution >= 4 is 29.4 Å². The van der Waals surface area contributed by atoms with Gasteiger partial charge in [0.15, 0.2) is 0 Å². The minimum atomic E-state index is -4.08. The van der Waals surface area contributed by atoms with E-state index in [4.69, 9.17) is 13.6 Å². The van der Waals surface area contributed by atoms with E-state index >= 15 is 0 Å². The lowest BCUT2D eigenvalue weighted by Gasteiger charge is -2.20. The quantitative estimate of drug-likeness (QED) is 0.251. The van der Waals surface area contributed by atoms with Crippen LogP contribution in [0.5, 0.6) is 17.2 Å². The lowest BCUT2D eigenvalue weighted by Crippen LogP contribution is -2.08. The van der Waals surface area contributed by atoms with Crippen LogP contribution in [0.3, 0.4) is 0 Å². The van der Waals surface area contributed by atoms with Gasteiger partial charge in [0.25, 0.3) is 0 Å². The smallest absolute Gasteiger partial charge is 0.386 e. The monoisotopic (exact) mass is 440 g/mol. The Labute approximate surface area is 186 Å². The summed E-state index contributed by atoms with van der Waals surface area (Å²) < 4.78 is 31.6. The lowest BCUT2D eigenvalue weighted by molar-refractivity contribution is 0.299. The molecule has 0 saturated heterocycles. The van der Waals surface area contributed by atoms with Crippen molar-refractivity contribution in [3.63, 3.8) is 0 Å². The second-order valence-corrected chi connectivity index (χ2v) is 8.96. The number of phosphoric ester groups is 1. The molecular formula is C27H21O4P. The average Bonchev–Trinajstić information content (AvgIpc) is 2.81. The van der Waals surface area contributed by atoms with Crippen molar-refractivity contribution in [3.8, 4) is 17.2 Å². The Morgan fingerprint density at radius 1 is 0.562 bits per heavy atom. The maximum atomic E-state index is 13.9. The van der Waals surface area contributed by atoms with E-state index in [1.807, 2.05) is 91.9 Å². The van der Waals surface area contributed by atoms with Crippen molar-refractivity contribution in [1.29, 1.82) is 0 Å². The molecule has 0 fully saturated rings. The summed E-state index contributed by atoms with van der Waals surface area (Å²) in [5.74, 6) is 1.23. The van der Waals surface area contributed by atoms with Crippen molar-refractivity contribution in [3.05, 3.63) is 115 Å². The first-order valence-corrected chi connectivity index (χ1v) is 11.8. The van der Waals surface area contributed by atoms with E-state index in [1.165, 1.54) is 0 Å². The topological polar surface area (TPSA) is 44.8 Å². The minimum absolute atomic E-state index is 0.402. The SMILES string of the molecule is Cc1ccc(OP(=O)(Oc2ccc3ccccc3c2)Oc2cccc3ccccc23)cc1. The van der Waals surface area contributed by atoms with Crippen molar-refractivity contribution in [2.45, 2.75) is 6.92 Å². The number of hydrogen-bond donors (Lipinski definition) is 0. The number of fused-ring (bicyclic) bond motifs is 2. The summed E-state index contributed by atoms with van der Waals surface area (Å²) >= 11 is 0. The van der Waals surface area contributed by atoms with Gasteiger partial charge in [-0.15, -0.1) is 0 Å². The number of aryl methyl sites for hydroxylation is 1. The van der Waals surface area contributed by atoms with Crippen molar-refractivity contribution in [2.75, 3.05) is 0 Å². The highest BCUT2D eigenvalue weighted by molar-refractivity contribution is 7.49. The number of phosphoric acid groups is 1. The third-order valence-electron chi connectivity index (χ3n) is 5.14. The summed E-state index contributed by atoms with van der Waals surface area (Å²) in [6.45, 7) is 1.97. The van der Waals surface area contributed by atoms with Gasteiger partial charge in [0.2, 0.25) is 0 Å². The van der Waals surface area contributed by atoms with Crippen LogP contribution >= 0.6 is 7.82 Å². The van der Waals surface area contributed by atoms with Crippen LogP contribution in [-0.2, 0) is 4.57 Å². The van der Waals surface area contributed by atoms with Crippen molar-refractivity contribution in [2.24, 2.45) is 0 Å². The molecule has 5 heteroatoms. The number of rotatable bonds is 6. The van der Waals surface area contributed by atoms with Gasteiger partial charge in [-0.25, -0.2) is 0 Å². The Morgan fingerprint density at radius 3 is 2.00 bits per heavy atom. The Kier molecular flexibility index (Phi) is 5.30. The average molecular weight is 440 g/mol. The standard InChI is InChI=1S/C27H21O4P/c1-20-13-16-24(17-14-20)29-32(28,30-25-18-15-21-7-2-3-9-23(21)19-25)31-27-12-6-10-22-8-4-5-11-26(22)27/h2-19H,1H3. The van der Waals surface area contributed by atoms with Crippen LogP contribution in [0.2, 0.25) is 0 Å². The molecular weight excluding hydrogens is 419 g/mol. The van der Waals surface area contributed by atoms with Gasteiger partial charge in [-0.2, -0.15) is 4.57 Å². The fraction of sp³-hybridized carbons (Fsp3) is 0.0370. The molecule has 0 saturated carbocycles. The normalized spacial score (nSPS) is 12.9. The summed E-state index contributed by atoms with van der Waals surface area (Å²) in [7, 11) is -4.08. The zero-order valence-electron chi connectivity index (χ0n) is 17.5. The van der Waals surface area contributed by atoms with Crippen molar-refractivity contribution < 1.29 is 18.1 Å². The van der Waals surface area contributed by atoms with E-state index in [2.05, 4.69) is 0 Å². The second-order valence-electron chi connectivity index (χ2n) is 7.52. The van der Waals surface area contributed by atoms with Gasteiger partial charge < -0.3 is 13.6 Å². The molecule has 0 heterocycles. The Hall–Kier alpha value is -3.75. The molecule has 0 spiro atoms. The Morgan fingerprint density at radius 2 is 1.19 bits per heavy atom. The highest BCUT2D eigenvalue weighted by atomic mass is 31.2. The molecule has 4 nitrogen and oxygen atoms in total. The van der Waals surface area contributed by atoms with E-state index in [9.17, 15) is 4.57 Å². The largest absolute Gasteiger partial charge is 0.647 e. The molecule has 0 aliphatic heterocycles. The molecule has 0 aliphatic carbocycles. The van der Waals surface area contributed by atoms with Gasteiger partial charge in [0.1, 0.15) is 17.2 Å². The van der Waals surface area contributed by atoms with E-state index in [0.717, 1.165) is 27.1 Å². The van der Waals surface area contributed by atoms with E-state index < -0.39 is 7.82 Å². The predicted molar refractivity (Wildman–Crippen MR) is 129 cm³/mol. The Bertz CT molecular complexity index is 1440. The molecule has 5 rings (SSSR count). The molecule has 1 unspecified atom stereocenters. The first-order valence-electron chi connectivity index (χ1n) is 10.3. The molecule has 0 aromatic heterocycles. The molecule has 0 bridgehead atoms. The molecule has 0 radical (unpaired) electrons. The van der Waals surface area contributed by atoms with Gasteiger partial charge in [0, 0.05) is 5.39 Å². The maximum Gasteiger partial charge on any atom is 0.647 e.